The maximum absolute atomic E-state index is 10.3. The zero-order valence-corrected chi connectivity index (χ0v) is 17.0. The second kappa shape index (κ2) is 22.7. The molecular formula is C22H36O6. The molecule has 0 amide bonds. The van der Waals surface area contributed by atoms with Gasteiger partial charge in [-0.3, -0.25) is 4.79 Å². The zero-order chi connectivity index (χ0) is 21.5. The molecule has 0 spiro atoms. The Balaban J connectivity index is 0. The highest BCUT2D eigenvalue weighted by Crippen LogP contribution is 2.08. The van der Waals surface area contributed by atoms with Crippen LogP contribution in [0.4, 0.5) is 0 Å². The molecule has 160 valence electrons. The Morgan fingerprint density at radius 1 is 0.643 bits per heavy atom. The van der Waals surface area contributed by atoms with Gasteiger partial charge in [0.25, 0.3) is 0 Å². The van der Waals surface area contributed by atoms with Gasteiger partial charge in [-0.15, -0.1) is 0 Å². The van der Waals surface area contributed by atoms with Crippen LogP contribution in [-0.2, 0) is 14.4 Å². The van der Waals surface area contributed by atoms with Crippen molar-refractivity contribution in [3.05, 3.63) is 36.5 Å². The fraction of sp³-hybridized carbons (Fsp3) is 0.591. The van der Waals surface area contributed by atoms with Gasteiger partial charge >= 0.3 is 17.9 Å². The molecule has 6 nitrogen and oxygen atoms in total. The van der Waals surface area contributed by atoms with Gasteiger partial charge in [-0.2, -0.15) is 0 Å². The first-order valence-corrected chi connectivity index (χ1v) is 10.1. The van der Waals surface area contributed by atoms with E-state index < -0.39 is 17.9 Å². The molecule has 6 heteroatoms. The molecule has 0 aromatic carbocycles. The highest BCUT2D eigenvalue weighted by atomic mass is 16.4. The van der Waals surface area contributed by atoms with Crippen LogP contribution in [0, 0.1) is 0 Å². The summed E-state index contributed by atoms with van der Waals surface area (Å²) in [5.74, 6) is -3.18. The Morgan fingerprint density at radius 3 is 1.57 bits per heavy atom. The highest BCUT2D eigenvalue weighted by molar-refractivity contribution is 5.89. The maximum Gasteiger partial charge on any atom is 0.328 e. The summed E-state index contributed by atoms with van der Waals surface area (Å²) in [5, 5.41) is 24.1. The molecule has 0 aliphatic carbocycles. The fourth-order valence-electron chi connectivity index (χ4n) is 2.23. The number of rotatable bonds is 16. The van der Waals surface area contributed by atoms with E-state index in [2.05, 4.69) is 31.2 Å². The third-order valence-electron chi connectivity index (χ3n) is 3.71. The molecule has 0 saturated heterocycles. The van der Waals surface area contributed by atoms with Crippen LogP contribution in [0.5, 0.6) is 0 Å². The molecule has 28 heavy (non-hydrogen) atoms. The largest absolute Gasteiger partial charge is 0.481 e. The minimum atomic E-state index is -1.26. The van der Waals surface area contributed by atoms with Gasteiger partial charge in [0.1, 0.15) is 0 Å². The van der Waals surface area contributed by atoms with Crippen LogP contribution in [0.3, 0.4) is 0 Å². The second-order valence-corrected chi connectivity index (χ2v) is 6.38. The van der Waals surface area contributed by atoms with E-state index in [9.17, 15) is 14.4 Å². The van der Waals surface area contributed by atoms with E-state index in [1.54, 1.807) is 0 Å². The lowest BCUT2D eigenvalue weighted by molar-refractivity contribution is -0.137. The summed E-state index contributed by atoms with van der Waals surface area (Å²) in [7, 11) is 0. The van der Waals surface area contributed by atoms with Gasteiger partial charge in [0.15, 0.2) is 0 Å². The van der Waals surface area contributed by atoms with Crippen LogP contribution in [0.1, 0.15) is 84.0 Å². The van der Waals surface area contributed by atoms with Gasteiger partial charge < -0.3 is 15.3 Å². The maximum atomic E-state index is 10.3. The smallest absolute Gasteiger partial charge is 0.328 e. The molecular weight excluding hydrogens is 360 g/mol. The number of allylic oxidation sites excluding steroid dienone is 4. The number of aliphatic carboxylic acids is 3. The Labute approximate surface area is 168 Å². The Bertz CT molecular complexity index is 475. The lowest BCUT2D eigenvalue weighted by Gasteiger charge is -1.98. The average molecular weight is 397 g/mol. The van der Waals surface area contributed by atoms with Gasteiger partial charge in [0.05, 0.1) is 0 Å². The minimum Gasteiger partial charge on any atom is -0.481 e. The molecule has 0 aromatic heterocycles. The third-order valence-corrected chi connectivity index (χ3v) is 3.71. The van der Waals surface area contributed by atoms with Crippen molar-refractivity contribution in [2.24, 2.45) is 0 Å². The number of hydrogen-bond acceptors (Lipinski definition) is 3. The van der Waals surface area contributed by atoms with Gasteiger partial charge in [-0.1, -0.05) is 63.3 Å². The van der Waals surface area contributed by atoms with Gasteiger partial charge in [0.2, 0.25) is 0 Å². The van der Waals surface area contributed by atoms with Gasteiger partial charge in [-0.05, 0) is 38.5 Å². The summed E-state index contributed by atoms with van der Waals surface area (Å²) in [6.45, 7) is 2.23. The molecule has 0 bridgehead atoms. The number of unbranched alkanes of at least 4 members (excludes halogenated alkanes) is 8. The van der Waals surface area contributed by atoms with E-state index in [-0.39, 0.29) is 0 Å². The summed E-state index contributed by atoms with van der Waals surface area (Å²) < 4.78 is 0. The Morgan fingerprint density at radius 2 is 1.11 bits per heavy atom. The van der Waals surface area contributed by atoms with E-state index in [1.807, 2.05) is 0 Å². The monoisotopic (exact) mass is 396 g/mol. The molecule has 0 saturated carbocycles. The third kappa shape index (κ3) is 31.4. The molecule has 0 heterocycles. The van der Waals surface area contributed by atoms with E-state index in [0.29, 0.717) is 18.6 Å². The molecule has 0 radical (unpaired) electrons. The van der Waals surface area contributed by atoms with E-state index in [1.165, 1.54) is 44.9 Å². The van der Waals surface area contributed by atoms with Crippen molar-refractivity contribution in [1.82, 2.24) is 0 Å². The predicted octanol–water partition coefficient (Wildman–Crippen LogP) is 5.60. The SMILES string of the molecule is CCCCC/C=C\C/C=C\CCCCCCCC(=O)O.O=C(O)/C=C/C(=O)O. The first kappa shape index (κ1) is 27.8. The fourth-order valence-corrected chi connectivity index (χ4v) is 2.23. The molecule has 0 aromatic rings. The zero-order valence-electron chi connectivity index (χ0n) is 17.0. The van der Waals surface area contributed by atoms with Gasteiger partial charge in [-0.25, -0.2) is 9.59 Å². The molecule has 0 fully saturated rings. The van der Waals surface area contributed by atoms with Crippen molar-refractivity contribution in [3.8, 4) is 0 Å². The van der Waals surface area contributed by atoms with Crippen LogP contribution < -0.4 is 0 Å². The number of carboxylic acids is 3. The first-order chi connectivity index (χ1) is 13.4. The van der Waals surface area contributed by atoms with Crippen molar-refractivity contribution in [1.29, 1.82) is 0 Å². The van der Waals surface area contributed by atoms with Gasteiger partial charge in [0, 0.05) is 18.6 Å². The molecule has 0 atom stereocenters. The van der Waals surface area contributed by atoms with Crippen molar-refractivity contribution >= 4 is 17.9 Å². The molecule has 0 aliphatic heterocycles. The highest BCUT2D eigenvalue weighted by Gasteiger charge is 1.95. The normalized spacial score (nSPS) is 11.0. The first-order valence-electron chi connectivity index (χ1n) is 10.1. The standard InChI is InChI=1S/C18H32O2.C4H4O4/c1-2-3-4-5-6-7-8-9-10-11-12-13-14-15-16-17-18(19)20;5-3(6)1-2-4(7)8/h6-7,9-10H,2-5,8,11-17H2,1H3,(H,19,20);1-2H,(H,5,6)(H,7,8)/b7-6-,10-9-;2-1+. The minimum absolute atomic E-state index is 0.324. The van der Waals surface area contributed by atoms with E-state index in [4.69, 9.17) is 15.3 Å². The number of carboxylic acid groups (broad SMARTS) is 3. The van der Waals surface area contributed by atoms with Crippen LogP contribution >= 0.6 is 0 Å². The Hall–Kier alpha value is -2.37. The lowest BCUT2D eigenvalue weighted by atomic mass is 10.1. The van der Waals surface area contributed by atoms with Crippen LogP contribution in [-0.4, -0.2) is 33.2 Å². The topological polar surface area (TPSA) is 112 Å². The van der Waals surface area contributed by atoms with Crippen LogP contribution in [0.25, 0.3) is 0 Å². The molecule has 0 aliphatic rings. The van der Waals surface area contributed by atoms with Crippen molar-refractivity contribution in [3.63, 3.8) is 0 Å². The molecule has 3 N–H and O–H groups in total. The lowest BCUT2D eigenvalue weighted by Crippen LogP contribution is -1.93. The Kier molecular flexibility index (Phi) is 22.5. The van der Waals surface area contributed by atoms with E-state index in [0.717, 1.165) is 25.7 Å². The number of carbonyl (C=O) groups is 3. The van der Waals surface area contributed by atoms with Crippen LogP contribution in [0.15, 0.2) is 36.5 Å². The molecule has 0 unspecified atom stereocenters. The van der Waals surface area contributed by atoms with Crippen molar-refractivity contribution < 1.29 is 29.7 Å². The second-order valence-electron chi connectivity index (χ2n) is 6.38. The summed E-state index contributed by atoms with van der Waals surface area (Å²) in [4.78, 5) is 29.4. The predicted molar refractivity (Wildman–Crippen MR) is 111 cm³/mol. The van der Waals surface area contributed by atoms with Crippen molar-refractivity contribution in [2.75, 3.05) is 0 Å². The van der Waals surface area contributed by atoms with Crippen LogP contribution in [0.2, 0.25) is 0 Å². The average Bonchev–Trinajstić information content (AvgIpc) is 2.63. The summed E-state index contributed by atoms with van der Waals surface area (Å²) in [6.07, 6.45) is 23.4. The molecule has 0 rings (SSSR count). The van der Waals surface area contributed by atoms with Crippen molar-refractivity contribution in [2.45, 2.75) is 84.0 Å². The summed E-state index contributed by atoms with van der Waals surface area (Å²) in [5.41, 5.74) is 0. The summed E-state index contributed by atoms with van der Waals surface area (Å²) in [6, 6.07) is 0. The number of hydrogen-bond donors (Lipinski definition) is 3. The summed E-state index contributed by atoms with van der Waals surface area (Å²) >= 11 is 0. The quantitative estimate of drug-likeness (QED) is 0.178. The van der Waals surface area contributed by atoms with E-state index >= 15 is 0 Å².